The first kappa shape index (κ1) is 6.95. The number of rotatable bonds is 2. The van der Waals surface area contributed by atoms with Crippen molar-refractivity contribution < 1.29 is 0 Å². The van der Waals surface area contributed by atoms with Gasteiger partial charge in [0.2, 0.25) is 0 Å². The summed E-state index contributed by atoms with van der Waals surface area (Å²) >= 11 is 0. The van der Waals surface area contributed by atoms with Crippen molar-refractivity contribution in [3.63, 3.8) is 0 Å². The number of aromatic nitrogens is 2. The highest BCUT2D eigenvalue weighted by Crippen LogP contribution is 2.05. The van der Waals surface area contributed by atoms with Crippen LogP contribution < -0.4 is 11.3 Å². The van der Waals surface area contributed by atoms with E-state index in [1.165, 1.54) is 0 Å². The molecule has 0 saturated carbocycles. The molecule has 1 rings (SSSR count). The highest BCUT2D eigenvalue weighted by Gasteiger charge is 1.97. The van der Waals surface area contributed by atoms with Crippen LogP contribution in [0.2, 0.25) is 0 Å². The van der Waals surface area contributed by atoms with Crippen LogP contribution in [0.3, 0.4) is 0 Å². The first-order chi connectivity index (χ1) is 4.88. The van der Waals surface area contributed by atoms with Gasteiger partial charge in [-0.25, -0.2) is 10.8 Å². The van der Waals surface area contributed by atoms with Crippen LogP contribution in [0.5, 0.6) is 0 Å². The van der Waals surface area contributed by atoms with Crippen molar-refractivity contribution in [1.82, 2.24) is 9.97 Å². The zero-order valence-electron chi connectivity index (χ0n) is 5.83. The molecule has 0 bridgehead atoms. The number of hydrogen-bond acceptors (Lipinski definition) is 4. The number of nitrogens with one attached hydrogen (secondary N) is 1. The van der Waals surface area contributed by atoms with Crippen LogP contribution in [-0.2, 0) is 6.42 Å². The molecule has 4 nitrogen and oxygen atoms in total. The molecule has 0 amide bonds. The van der Waals surface area contributed by atoms with Crippen LogP contribution in [0.4, 0.5) is 5.82 Å². The van der Waals surface area contributed by atoms with Crippen LogP contribution in [0, 0.1) is 0 Å². The Bertz CT molecular complexity index is 188. The van der Waals surface area contributed by atoms with Crippen LogP contribution >= 0.6 is 0 Å². The second-order valence-electron chi connectivity index (χ2n) is 1.85. The predicted molar refractivity (Wildman–Crippen MR) is 39.2 cm³/mol. The largest absolute Gasteiger partial charge is 0.307 e. The van der Waals surface area contributed by atoms with E-state index in [2.05, 4.69) is 15.4 Å². The zero-order valence-corrected chi connectivity index (χ0v) is 5.83. The maximum atomic E-state index is 5.17. The summed E-state index contributed by atoms with van der Waals surface area (Å²) in [4.78, 5) is 8.03. The van der Waals surface area contributed by atoms with E-state index in [1.54, 1.807) is 12.4 Å². The first-order valence-electron chi connectivity index (χ1n) is 3.15. The minimum Gasteiger partial charge on any atom is -0.307 e. The smallest absolute Gasteiger partial charge is 0.161 e. The maximum absolute atomic E-state index is 5.17. The van der Waals surface area contributed by atoms with Gasteiger partial charge in [0.25, 0.3) is 0 Å². The standard InChI is InChI=1S/C6H10N4/c1-2-5-6(10-7)9-4-3-8-5/h3-4H,2,7H2,1H3,(H,9,10). The summed E-state index contributed by atoms with van der Waals surface area (Å²) in [6, 6.07) is 0. The lowest BCUT2D eigenvalue weighted by atomic mass is 10.3. The molecular formula is C6H10N4. The average molecular weight is 138 g/mol. The minimum absolute atomic E-state index is 0.657. The van der Waals surface area contributed by atoms with Crippen molar-refractivity contribution in [1.29, 1.82) is 0 Å². The zero-order chi connectivity index (χ0) is 7.40. The number of aryl methyl sites for hydroxylation is 1. The summed E-state index contributed by atoms with van der Waals surface area (Å²) in [5.74, 6) is 5.83. The molecule has 0 aliphatic heterocycles. The summed E-state index contributed by atoms with van der Waals surface area (Å²) in [7, 11) is 0. The van der Waals surface area contributed by atoms with Crippen molar-refractivity contribution in [3.8, 4) is 0 Å². The van der Waals surface area contributed by atoms with Gasteiger partial charge in [0.05, 0.1) is 5.69 Å². The molecule has 0 aromatic carbocycles. The van der Waals surface area contributed by atoms with E-state index in [1.807, 2.05) is 6.92 Å². The molecule has 0 aliphatic rings. The molecule has 0 saturated heterocycles. The monoisotopic (exact) mass is 138 g/mol. The molecule has 0 radical (unpaired) electrons. The molecular weight excluding hydrogens is 128 g/mol. The fourth-order valence-corrected chi connectivity index (χ4v) is 0.746. The van der Waals surface area contributed by atoms with E-state index < -0.39 is 0 Å². The fourth-order valence-electron chi connectivity index (χ4n) is 0.746. The number of hydrazine groups is 1. The van der Waals surface area contributed by atoms with Gasteiger partial charge in [0.1, 0.15) is 0 Å². The molecule has 0 aliphatic carbocycles. The summed E-state index contributed by atoms with van der Waals surface area (Å²) in [5, 5.41) is 0. The summed E-state index contributed by atoms with van der Waals surface area (Å²) < 4.78 is 0. The third-order valence-electron chi connectivity index (χ3n) is 1.25. The normalized spacial score (nSPS) is 9.40. The van der Waals surface area contributed by atoms with Gasteiger partial charge in [-0.1, -0.05) is 6.92 Å². The highest BCUT2D eigenvalue weighted by atomic mass is 15.3. The van der Waals surface area contributed by atoms with Gasteiger partial charge >= 0.3 is 0 Å². The predicted octanol–water partition coefficient (Wildman–Crippen LogP) is 0.325. The molecule has 0 spiro atoms. The van der Waals surface area contributed by atoms with Crippen molar-refractivity contribution in [2.24, 2.45) is 5.84 Å². The van der Waals surface area contributed by atoms with Crippen molar-refractivity contribution in [2.45, 2.75) is 13.3 Å². The number of nitrogens with two attached hydrogens (primary N) is 1. The molecule has 1 heterocycles. The molecule has 0 unspecified atom stereocenters. The number of nitrogens with zero attached hydrogens (tertiary/aromatic N) is 2. The third-order valence-corrected chi connectivity index (χ3v) is 1.25. The van der Waals surface area contributed by atoms with E-state index in [-0.39, 0.29) is 0 Å². The average Bonchev–Trinajstić information content (AvgIpc) is 2.04. The van der Waals surface area contributed by atoms with Crippen molar-refractivity contribution in [3.05, 3.63) is 18.1 Å². The summed E-state index contributed by atoms with van der Waals surface area (Å²) in [6.45, 7) is 2.00. The third kappa shape index (κ3) is 1.22. The van der Waals surface area contributed by atoms with Gasteiger partial charge in [0, 0.05) is 12.4 Å². The molecule has 54 valence electrons. The van der Waals surface area contributed by atoms with Gasteiger partial charge in [-0.2, -0.15) is 0 Å². The number of anilines is 1. The Morgan fingerprint density at radius 3 is 2.70 bits per heavy atom. The molecule has 0 atom stereocenters. The minimum atomic E-state index is 0.657. The van der Waals surface area contributed by atoms with E-state index in [0.29, 0.717) is 5.82 Å². The first-order valence-corrected chi connectivity index (χ1v) is 3.15. The number of hydrogen-bond donors (Lipinski definition) is 2. The van der Waals surface area contributed by atoms with E-state index in [9.17, 15) is 0 Å². The Kier molecular flexibility index (Phi) is 2.17. The van der Waals surface area contributed by atoms with E-state index >= 15 is 0 Å². The lowest BCUT2D eigenvalue weighted by Crippen LogP contribution is -2.11. The number of nitrogen functional groups attached to an aromatic ring is 1. The maximum Gasteiger partial charge on any atom is 0.161 e. The van der Waals surface area contributed by atoms with E-state index in [0.717, 1.165) is 12.1 Å². The van der Waals surface area contributed by atoms with Crippen molar-refractivity contribution in [2.75, 3.05) is 5.43 Å². The summed E-state index contributed by atoms with van der Waals surface area (Å²) in [5.41, 5.74) is 3.37. The van der Waals surface area contributed by atoms with Crippen LogP contribution in [0.25, 0.3) is 0 Å². The summed E-state index contributed by atoms with van der Waals surface area (Å²) in [6.07, 6.45) is 4.10. The Morgan fingerprint density at radius 1 is 1.50 bits per heavy atom. The fraction of sp³-hybridized carbons (Fsp3) is 0.333. The van der Waals surface area contributed by atoms with Gasteiger partial charge in [-0.3, -0.25) is 4.98 Å². The quantitative estimate of drug-likeness (QED) is 0.456. The lowest BCUT2D eigenvalue weighted by Gasteiger charge is -2.01. The molecule has 3 N–H and O–H groups in total. The topological polar surface area (TPSA) is 63.8 Å². The highest BCUT2D eigenvalue weighted by molar-refractivity contribution is 5.37. The van der Waals surface area contributed by atoms with Crippen LogP contribution in [0.1, 0.15) is 12.6 Å². The molecule has 0 fully saturated rings. The van der Waals surface area contributed by atoms with Crippen LogP contribution in [-0.4, -0.2) is 9.97 Å². The Labute approximate surface area is 59.5 Å². The van der Waals surface area contributed by atoms with Gasteiger partial charge in [0.15, 0.2) is 5.82 Å². The molecule has 1 aromatic heterocycles. The SMILES string of the molecule is CCc1nccnc1NN. The Balaban J connectivity index is 2.96. The van der Waals surface area contributed by atoms with Gasteiger partial charge in [-0.15, -0.1) is 0 Å². The second kappa shape index (κ2) is 3.12. The second-order valence-corrected chi connectivity index (χ2v) is 1.85. The van der Waals surface area contributed by atoms with Gasteiger partial charge < -0.3 is 5.43 Å². The Morgan fingerprint density at radius 2 is 2.20 bits per heavy atom. The molecule has 1 aromatic rings. The van der Waals surface area contributed by atoms with Crippen molar-refractivity contribution >= 4 is 5.82 Å². The lowest BCUT2D eigenvalue weighted by molar-refractivity contribution is 0.993. The van der Waals surface area contributed by atoms with Gasteiger partial charge in [-0.05, 0) is 6.42 Å². The Hall–Kier alpha value is -1.16. The van der Waals surface area contributed by atoms with E-state index in [4.69, 9.17) is 5.84 Å². The van der Waals surface area contributed by atoms with Crippen LogP contribution in [0.15, 0.2) is 12.4 Å². The molecule has 10 heavy (non-hydrogen) atoms. The molecule has 4 heteroatoms.